The zero-order valence-electron chi connectivity index (χ0n) is 23.0. The van der Waals surface area contributed by atoms with Gasteiger partial charge < -0.3 is 14.2 Å². The van der Waals surface area contributed by atoms with Gasteiger partial charge in [-0.05, 0) is 54.2 Å². The molecule has 0 bridgehead atoms. The smallest absolute Gasteiger partial charge is 0.306 e. The molecule has 41 heavy (non-hydrogen) atoms. The highest BCUT2D eigenvalue weighted by atomic mass is 16.5. The third kappa shape index (κ3) is 7.92. The minimum absolute atomic E-state index is 0.198. The van der Waals surface area contributed by atoms with Gasteiger partial charge in [0.05, 0.1) is 17.6 Å². The minimum Gasteiger partial charge on any atom is -0.494 e. The van der Waals surface area contributed by atoms with Gasteiger partial charge in [0.2, 0.25) is 0 Å². The van der Waals surface area contributed by atoms with Crippen LogP contribution < -0.4 is 4.74 Å². The summed E-state index contributed by atoms with van der Waals surface area (Å²) in [7, 11) is 0. The summed E-state index contributed by atoms with van der Waals surface area (Å²) < 4.78 is 16.7. The molecule has 5 aromatic rings. The summed E-state index contributed by atoms with van der Waals surface area (Å²) in [6, 6.07) is 33.3. The van der Waals surface area contributed by atoms with Crippen molar-refractivity contribution >= 4 is 33.7 Å². The highest BCUT2D eigenvalue weighted by molar-refractivity contribution is 5.97. The molecule has 0 unspecified atom stereocenters. The van der Waals surface area contributed by atoms with Crippen molar-refractivity contribution in [1.82, 2.24) is 4.98 Å². The molecule has 5 rings (SSSR count). The summed E-state index contributed by atoms with van der Waals surface area (Å²) in [6.07, 6.45) is 2.60. The maximum Gasteiger partial charge on any atom is 0.306 e. The van der Waals surface area contributed by atoms with Crippen LogP contribution in [-0.2, 0) is 38.7 Å². The largest absolute Gasteiger partial charge is 0.494 e. The monoisotopic (exact) mass is 547 g/mol. The number of para-hydroxylation sites is 1. The first-order valence-corrected chi connectivity index (χ1v) is 14.0. The number of fused-ring (bicyclic) bond motifs is 2. The van der Waals surface area contributed by atoms with Crippen molar-refractivity contribution in [2.24, 2.45) is 0 Å². The maximum atomic E-state index is 12.4. The highest BCUT2D eigenvalue weighted by Crippen LogP contribution is 2.30. The van der Waals surface area contributed by atoms with Crippen molar-refractivity contribution < 1.29 is 23.8 Å². The van der Waals surface area contributed by atoms with Crippen LogP contribution in [0.15, 0.2) is 103 Å². The summed E-state index contributed by atoms with van der Waals surface area (Å²) >= 11 is 0. The van der Waals surface area contributed by atoms with Gasteiger partial charge in [-0.25, -0.2) is 4.98 Å². The van der Waals surface area contributed by atoms with Crippen LogP contribution in [0.1, 0.15) is 42.4 Å². The number of aryl methyl sites for hydroxylation is 1. The Hall–Kier alpha value is -4.71. The van der Waals surface area contributed by atoms with Gasteiger partial charge in [-0.15, -0.1) is 0 Å². The van der Waals surface area contributed by atoms with Crippen LogP contribution in [0.25, 0.3) is 21.8 Å². The summed E-state index contributed by atoms with van der Waals surface area (Å²) in [6.45, 7) is 0.970. The first-order chi connectivity index (χ1) is 20.2. The number of ether oxygens (including phenoxy) is 3. The summed E-state index contributed by atoms with van der Waals surface area (Å²) in [5, 5.41) is 2.12. The van der Waals surface area contributed by atoms with Crippen LogP contribution in [-0.4, -0.2) is 23.5 Å². The Labute approximate surface area is 239 Å². The lowest BCUT2D eigenvalue weighted by Gasteiger charge is -2.13. The van der Waals surface area contributed by atoms with Gasteiger partial charge in [0.25, 0.3) is 0 Å². The van der Waals surface area contributed by atoms with E-state index in [9.17, 15) is 9.59 Å². The Balaban J connectivity index is 1.16. The fourth-order valence-electron chi connectivity index (χ4n) is 4.76. The van der Waals surface area contributed by atoms with Crippen molar-refractivity contribution in [2.45, 2.75) is 45.3 Å². The third-order valence-corrected chi connectivity index (χ3v) is 6.85. The first kappa shape index (κ1) is 27.8. The Kier molecular flexibility index (Phi) is 9.56. The van der Waals surface area contributed by atoms with Gasteiger partial charge in [0, 0.05) is 29.7 Å². The summed E-state index contributed by atoms with van der Waals surface area (Å²) in [5.74, 6) is 0.266. The maximum absolute atomic E-state index is 12.4. The second kappa shape index (κ2) is 14.1. The fourth-order valence-corrected chi connectivity index (χ4v) is 4.76. The second-order valence-corrected chi connectivity index (χ2v) is 9.88. The van der Waals surface area contributed by atoms with Crippen molar-refractivity contribution in [1.29, 1.82) is 0 Å². The van der Waals surface area contributed by atoms with E-state index < -0.39 is 0 Å². The van der Waals surface area contributed by atoms with Crippen LogP contribution in [0.3, 0.4) is 0 Å². The lowest BCUT2D eigenvalue weighted by atomic mass is 9.98. The SMILES string of the molecule is O=C(CCCOc1ccc2c(CCCC(=O)OCc3ccccc3)c3ccccc3nc2c1)OCc1ccccc1. The molecule has 0 N–H and O–H groups in total. The quantitative estimate of drug-likeness (QED) is 0.0871. The van der Waals surface area contributed by atoms with Crippen LogP contribution in [0.2, 0.25) is 0 Å². The minimum atomic E-state index is -0.238. The van der Waals surface area contributed by atoms with E-state index in [1.54, 1.807) is 0 Å². The average Bonchev–Trinajstić information content (AvgIpc) is 3.01. The molecule has 0 atom stereocenters. The molecule has 6 nitrogen and oxygen atoms in total. The van der Waals surface area contributed by atoms with E-state index in [-0.39, 0.29) is 18.5 Å². The topological polar surface area (TPSA) is 74.7 Å². The molecule has 0 amide bonds. The number of carbonyl (C=O) groups is 2. The molecule has 0 spiro atoms. The van der Waals surface area contributed by atoms with E-state index in [0.717, 1.165) is 44.9 Å². The zero-order chi connectivity index (χ0) is 28.3. The number of rotatable bonds is 13. The normalized spacial score (nSPS) is 10.9. The molecule has 4 aromatic carbocycles. The van der Waals surface area contributed by atoms with Gasteiger partial charge in [-0.1, -0.05) is 78.9 Å². The Bertz CT molecular complexity index is 1600. The Morgan fingerprint density at radius 1 is 0.610 bits per heavy atom. The van der Waals surface area contributed by atoms with Crippen LogP contribution in [0, 0.1) is 0 Å². The zero-order valence-corrected chi connectivity index (χ0v) is 23.0. The summed E-state index contributed by atoms with van der Waals surface area (Å²) in [5.41, 5.74) is 4.85. The van der Waals surface area contributed by atoms with Gasteiger partial charge in [-0.2, -0.15) is 0 Å². The third-order valence-electron chi connectivity index (χ3n) is 6.85. The molecule has 1 heterocycles. The van der Waals surface area contributed by atoms with E-state index in [1.807, 2.05) is 97.1 Å². The number of pyridine rings is 1. The van der Waals surface area contributed by atoms with E-state index >= 15 is 0 Å². The van der Waals surface area contributed by atoms with Crippen molar-refractivity contribution in [3.8, 4) is 5.75 Å². The van der Waals surface area contributed by atoms with Crippen molar-refractivity contribution in [2.75, 3.05) is 6.61 Å². The summed E-state index contributed by atoms with van der Waals surface area (Å²) in [4.78, 5) is 29.3. The Morgan fingerprint density at radius 3 is 1.88 bits per heavy atom. The van der Waals surface area contributed by atoms with Crippen LogP contribution >= 0.6 is 0 Å². The number of esters is 2. The number of nitrogens with zero attached hydrogens (tertiary/aromatic N) is 1. The molecular formula is C35H33NO5. The van der Waals surface area contributed by atoms with Gasteiger partial charge >= 0.3 is 11.9 Å². The molecule has 0 fully saturated rings. The molecule has 0 aliphatic carbocycles. The standard InChI is InChI=1S/C35H33NO5/c37-34(40-24-26-11-3-1-4-12-26)18-9-16-29-30-15-7-8-17-32(30)36-33-23-28(20-21-31(29)33)39-22-10-19-35(38)41-25-27-13-5-2-6-14-27/h1-8,11-15,17,20-21,23H,9-10,16,18-19,22,24-25H2. The lowest BCUT2D eigenvalue weighted by molar-refractivity contribution is -0.146. The number of aromatic nitrogens is 1. The lowest BCUT2D eigenvalue weighted by Crippen LogP contribution is -2.07. The van der Waals surface area contributed by atoms with Gasteiger partial charge in [0.1, 0.15) is 19.0 Å². The number of hydrogen-bond donors (Lipinski definition) is 0. The first-order valence-electron chi connectivity index (χ1n) is 14.0. The molecule has 0 saturated heterocycles. The van der Waals surface area contributed by atoms with Gasteiger partial charge in [-0.3, -0.25) is 9.59 Å². The predicted molar refractivity (Wildman–Crippen MR) is 159 cm³/mol. The molecule has 0 aliphatic rings. The second-order valence-electron chi connectivity index (χ2n) is 9.88. The molecule has 0 radical (unpaired) electrons. The molecule has 6 heteroatoms. The fraction of sp³-hybridized carbons (Fsp3) is 0.229. The van der Waals surface area contributed by atoms with Crippen molar-refractivity contribution in [3.05, 3.63) is 120 Å². The Morgan fingerprint density at radius 2 is 1.20 bits per heavy atom. The highest BCUT2D eigenvalue weighted by Gasteiger charge is 2.12. The van der Waals surface area contributed by atoms with Crippen LogP contribution in [0.5, 0.6) is 5.75 Å². The number of hydrogen-bond acceptors (Lipinski definition) is 6. The molecule has 0 saturated carbocycles. The van der Waals surface area contributed by atoms with E-state index in [4.69, 9.17) is 19.2 Å². The number of carbonyl (C=O) groups excluding carboxylic acids is 2. The van der Waals surface area contributed by atoms with E-state index in [2.05, 4.69) is 6.07 Å². The van der Waals surface area contributed by atoms with Gasteiger partial charge in [0.15, 0.2) is 0 Å². The molecule has 0 aliphatic heterocycles. The molecule has 1 aromatic heterocycles. The number of benzene rings is 4. The van der Waals surface area contributed by atoms with E-state index in [0.29, 0.717) is 44.6 Å². The molecule has 208 valence electrons. The molecular weight excluding hydrogens is 514 g/mol. The van der Waals surface area contributed by atoms with E-state index in [1.165, 1.54) is 0 Å². The predicted octanol–water partition coefficient (Wildman–Crippen LogP) is 7.36. The van der Waals surface area contributed by atoms with Crippen molar-refractivity contribution in [3.63, 3.8) is 0 Å². The average molecular weight is 548 g/mol. The van der Waals surface area contributed by atoms with Crippen LogP contribution in [0.4, 0.5) is 0 Å².